The summed E-state index contributed by atoms with van der Waals surface area (Å²) in [5.74, 6) is 2.59. The number of benzene rings is 3. The first-order valence-electron chi connectivity index (χ1n) is 8.86. The molecule has 0 N–H and O–H groups in total. The maximum Gasteiger partial charge on any atom is 0.119 e. The van der Waals surface area contributed by atoms with Crippen LogP contribution >= 0.6 is 0 Å². The van der Waals surface area contributed by atoms with E-state index in [9.17, 15) is 0 Å². The van der Waals surface area contributed by atoms with Gasteiger partial charge in [-0.3, -0.25) is 0 Å². The molecule has 0 aliphatic rings. The third-order valence-electron chi connectivity index (χ3n) is 4.50. The van der Waals surface area contributed by atoms with Crippen molar-refractivity contribution in [2.24, 2.45) is 0 Å². The molecule has 0 amide bonds. The summed E-state index contributed by atoms with van der Waals surface area (Å²) in [6.45, 7) is 1.59. The highest BCUT2D eigenvalue weighted by molar-refractivity contribution is 5.50. The lowest BCUT2D eigenvalue weighted by Crippen LogP contribution is -2.22. The van der Waals surface area contributed by atoms with E-state index in [0.29, 0.717) is 0 Å². The van der Waals surface area contributed by atoms with Crippen LogP contribution in [0.4, 0.5) is 5.69 Å². The van der Waals surface area contributed by atoms with Crippen molar-refractivity contribution in [2.45, 2.75) is 13.1 Å². The minimum atomic E-state index is 0.794. The van der Waals surface area contributed by atoms with Gasteiger partial charge in [-0.15, -0.1) is 0 Å². The van der Waals surface area contributed by atoms with Crippen LogP contribution in [-0.4, -0.2) is 21.3 Å². The second-order valence-corrected chi connectivity index (χ2v) is 6.25. The molecule has 0 bridgehead atoms. The Hall–Kier alpha value is -3.14. The van der Waals surface area contributed by atoms with E-state index in [-0.39, 0.29) is 0 Å². The average Bonchev–Trinajstić information content (AvgIpc) is 2.74. The van der Waals surface area contributed by atoms with Crippen LogP contribution in [0.1, 0.15) is 11.1 Å². The summed E-state index contributed by atoms with van der Waals surface area (Å²) >= 11 is 0. The van der Waals surface area contributed by atoms with Gasteiger partial charge in [0.25, 0.3) is 0 Å². The van der Waals surface area contributed by atoms with Gasteiger partial charge in [-0.25, -0.2) is 0 Å². The number of hydrogen-bond acceptors (Lipinski definition) is 4. The van der Waals surface area contributed by atoms with Crippen LogP contribution in [0.3, 0.4) is 0 Å². The molecular formula is C23H25NO3. The molecule has 27 heavy (non-hydrogen) atoms. The zero-order chi connectivity index (χ0) is 19.1. The molecular weight excluding hydrogens is 338 g/mol. The Morgan fingerprint density at radius 1 is 0.519 bits per heavy atom. The number of methoxy groups -OCH3 is 3. The molecule has 0 atom stereocenters. The number of ether oxygens (including phenoxy) is 3. The minimum Gasteiger partial charge on any atom is -0.497 e. The van der Waals surface area contributed by atoms with Crippen LogP contribution in [0, 0.1) is 0 Å². The molecule has 3 aromatic rings. The maximum absolute atomic E-state index is 5.29. The van der Waals surface area contributed by atoms with E-state index < -0.39 is 0 Å². The van der Waals surface area contributed by atoms with E-state index in [2.05, 4.69) is 41.3 Å². The van der Waals surface area contributed by atoms with Gasteiger partial charge >= 0.3 is 0 Å². The summed E-state index contributed by atoms with van der Waals surface area (Å²) in [5.41, 5.74) is 3.59. The van der Waals surface area contributed by atoms with Crippen molar-refractivity contribution in [2.75, 3.05) is 26.2 Å². The van der Waals surface area contributed by atoms with Gasteiger partial charge in [0, 0.05) is 18.8 Å². The minimum absolute atomic E-state index is 0.794. The Balaban J connectivity index is 1.83. The summed E-state index contributed by atoms with van der Waals surface area (Å²) in [5, 5.41) is 0. The lowest BCUT2D eigenvalue weighted by atomic mass is 10.1. The predicted molar refractivity (Wildman–Crippen MR) is 109 cm³/mol. The van der Waals surface area contributed by atoms with E-state index >= 15 is 0 Å². The number of nitrogens with zero attached hydrogens (tertiary/aromatic N) is 1. The van der Waals surface area contributed by atoms with Crippen molar-refractivity contribution in [1.29, 1.82) is 0 Å². The maximum atomic E-state index is 5.29. The fraction of sp³-hybridized carbons (Fsp3) is 0.217. The molecule has 0 fully saturated rings. The highest BCUT2D eigenvalue weighted by Gasteiger charge is 2.10. The SMILES string of the molecule is COc1ccc(CN(Cc2ccc(OC)cc2)c2ccc(OC)cc2)cc1. The topological polar surface area (TPSA) is 30.9 Å². The van der Waals surface area contributed by atoms with Gasteiger partial charge in [0.05, 0.1) is 21.3 Å². The smallest absolute Gasteiger partial charge is 0.119 e. The van der Waals surface area contributed by atoms with Crippen LogP contribution in [0.2, 0.25) is 0 Å². The molecule has 0 unspecified atom stereocenters. The highest BCUT2D eigenvalue weighted by Crippen LogP contribution is 2.24. The van der Waals surface area contributed by atoms with Gasteiger partial charge in [-0.2, -0.15) is 0 Å². The van der Waals surface area contributed by atoms with Crippen LogP contribution in [0.15, 0.2) is 72.8 Å². The largest absolute Gasteiger partial charge is 0.497 e. The van der Waals surface area contributed by atoms with E-state index in [4.69, 9.17) is 14.2 Å². The molecule has 0 saturated carbocycles. The van der Waals surface area contributed by atoms with Crippen LogP contribution in [-0.2, 0) is 13.1 Å². The third kappa shape index (κ3) is 4.94. The summed E-state index contributed by atoms with van der Waals surface area (Å²) in [4.78, 5) is 2.34. The van der Waals surface area contributed by atoms with Crippen LogP contribution < -0.4 is 19.1 Å². The van der Waals surface area contributed by atoms with E-state index in [1.165, 1.54) is 11.1 Å². The van der Waals surface area contributed by atoms with Gasteiger partial charge < -0.3 is 19.1 Å². The summed E-state index contributed by atoms with van der Waals surface area (Å²) < 4.78 is 15.8. The Labute approximate surface area is 160 Å². The fourth-order valence-corrected chi connectivity index (χ4v) is 2.93. The van der Waals surface area contributed by atoms with Crippen molar-refractivity contribution < 1.29 is 14.2 Å². The van der Waals surface area contributed by atoms with Crippen molar-refractivity contribution in [3.05, 3.63) is 83.9 Å². The van der Waals surface area contributed by atoms with Gasteiger partial charge in [0.1, 0.15) is 17.2 Å². The molecule has 0 saturated heterocycles. The molecule has 0 radical (unpaired) electrons. The highest BCUT2D eigenvalue weighted by atomic mass is 16.5. The normalized spacial score (nSPS) is 10.3. The summed E-state index contributed by atoms with van der Waals surface area (Å²) in [6, 6.07) is 24.5. The third-order valence-corrected chi connectivity index (χ3v) is 4.50. The van der Waals surface area contributed by atoms with Crippen molar-refractivity contribution in [3.63, 3.8) is 0 Å². The molecule has 0 heterocycles. The molecule has 0 aromatic heterocycles. The Bertz CT molecular complexity index is 778. The molecule has 140 valence electrons. The van der Waals surface area contributed by atoms with Crippen molar-refractivity contribution >= 4 is 5.69 Å². The molecule has 4 heteroatoms. The first-order chi connectivity index (χ1) is 13.2. The van der Waals surface area contributed by atoms with Gasteiger partial charge in [0.2, 0.25) is 0 Å². The fourth-order valence-electron chi connectivity index (χ4n) is 2.93. The van der Waals surface area contributed by atoms with Crippen LogP contribution in [0.25, 0.3) is 0 Å². The lowest BCUT2D eigenvalue weighted by molar-refractivity contribution is 0.414. The van der Waals surface area contributed by atoms with Gasteiger partial charge in [-0.05, 0) is 59.7 Å². The predicted octanol–water partition coefficient (Wildman–Crippen LogP) is 4.92. The molecule has 0 spiro atoms. The van der Waals surface area contributed by atoms with Gasteiger partial charge in [-0.1, -0.05) is 24.3 Å². The summed E-state index contributed by atoms with van der Waals surface area (Å²) in [7, 11) is 5.05. The average molecular weight is 363 g/mol. The van der Waals surface area contributed by atoms with E-state index in [0.717, 1.165) is 36.0 Å². The van der Waals surface area contributed by atoms with E-state index in [1.54, 1.807) is 21.3 Å². The zero-order valence-corrected chi connectivity index (χ0v) is 16.0. The molecule has 3 rings (SSSR count). The summed E-state index contributed by atoms with van der Waals surface area (Å²) in [6.07, 6.45) is 0. The second kappa shape index (κ2) is 8.99. The number of rotatable bonds is 8. The monoisotopic (exact) mass is 363 g/mol. The van der Waals surface area contributed by atoms with Crippen molar-refractivity contribution in [1.82, 2.24) is 0 Å². The number of anilines is 1. The van der Waals surface area contributed by atoms with Gasteiger partial charge in [0.15, 0.2) is 0 Å². The quantitative estimate of drug-likeness (QED) is 0.568. The number of hydrogen-bond donors (Lipinski definition) is 0. The Kier molecular flexibility index (Phi) is 6.21. The standard InChI is InChI=1S/C23H25NO3/c1-25-21-10-4-18(5-11-21)16-24(20-8-14-23(27-3)15-9-20)17-19-6-12-22(26-2)13-7-19/h4-15H,16-17H2,1-3H3. The van der Waals surface area contributed by atoms with Crippen LogP contribution in [0.5, 0.6) is 17.2 Å². The molecule has 0 aliphatic heterocycles. The molecule has 4 nitrogen and oxygen atoms in total. The Morgan fingerprint density at radius 2 is 0.852 bits per heavy atom. The first-order valence-corrected chi connectivity index (χ1v) is 8.86. The molecule has 0 aliphatic carbocycles. The van der Waals surface area contributed by atoms with E-state index in [1.807, 2.05) is 36.4 Å². The lowest BCUT2D eigenvalue weighted by Gasteiger charge is -2.25. The van der Waals surface area contributed by atoms with Crippen molar-refractivity contribution in [3.8, 4) is 17.2 Å². The second-order valence-electron chi connectivity index (χ2n) is 6.25. The Morgan fingerprint density at radius 3 is 1.19 bits per heavy atom. The first kappa shape index (κ1) is 18.6. The molecule has 3 aromatic carbocycles. The zero-order valence-electron chi connectivity index (χ0n) is 16.0.